The number of hydrogen-bond donors (Lipinski definition) is 1. The van der Waals surface area contributed by atoms with Gasteiger partial charge in [-0.25, -0.2) is 0 Å². The van der Waals surface area contributed by atoms with Gasteiger partial charge in [-0.15, -0.1) is 0 Å². The highest BCUT2D eigenvalue weighted by atomic mass is 15.2. The molecule has 21 heavy (non-hydrogen) atoms. The molecule has 3 nitrogen and oxygen atoms in total. The molecule has 1 atom stereocenters. The zero-order valence-electron chi connectivity index (χ0n) is 13.7. The van der Waals surface area contributed by atoms with Gasteiger partial charge in [-0.3, -0.25) is 0 Å². The molecule has 1 heterocycles. The van der Waals surface area contributed by atoms with E-state index in [1.807, 2.05) is 0 Å². The van der Waals surface area contributed by atoms with Crippen molar-refractivity contribution in [2.75, 3.05) is 42.5 Å². The molecule has 0 aromatic heterocycles. The molecular formula is C18H29N3. The second-order valence-corrected chi connectivity index (χ2v) is 6.73. The number of rotatable bonds is 5. The van der Waals surface area contributed by atoms with E-state index < -0.39 is 0 Å². The van der Waals surface area contributed by atoms with Gasteiger partial charge >= 0.3 is 0 Å². The maximum atomic E-state index is 3.76. The summed E-state index contributed by atoms with van der Waals surface area (Å²) in [6, 6.07) is 9.15. The van der Waals surface area contributed by atoms with E-state index in [1.165, 1.54) is 24.2 Å². The highest BCUT2D eigenvalue weighted by Crippen LogP contribution is 2.41. The second-order valence-electron chi connectivity index (χ2n) is 6.73. The minimum absolute atomic E-state index is 0.315. The Bertz CT molecular complexity index is 462. The Morgan fingerprint density at radius 3 is 2.43 bits per heavy atom. The number of nitrogens with one attached hydrogen (secondary N) is 1. The zero-order chi connectivity index (χ0) is 14.9. The number of anilines is 2. The van der Waals surface area contributed by atoms with E-state index in [9.17, 15) is 0 Å². The number of piperazine rings is 1. The minimum atomic E-state index is 0.315. The lowest BCUT2D eigenvalue weighted by Gasteiger charge is -2.43. The van der Waals surface area contributed by atoms with Crippen molar-refractivity contribution < 1.29 is 0 Å². The summed E-state index contributed by atoms with van der Waals surface area (Å²) >= 11 is 0. The molecule has 116 valence electrons. The Morgan fingerprint density at radius 1 is 1.19 bits per heavy atom. The second kappa shape index (κ2) is 5.88. The summed E-state index contributed by atoms with van der Waals surface area (Å²) in [7, 11) is 0. The minimum Gasteiger partial charge on any atom is -0.372 e. The zero-order valence-corrected chi connectivity index (χ0v) is 13.7. The van der Waals surface area contributed by atoms with Crippen LogP contribution in [0.1, 0.15) is 33.6 Å². The summed E-state index contributed by atoms with van der Waals surface area (Å²) in [5.41, 5.74) is 3.03. The molecule has 1 unspecified atom stereocenters. The van der Waals surface area contributed by atoms with E-state index in [0.29, 0.717) is 5.54 Å². The van der Waals surface area contributed by atoms with Crippen molar-refractivity contribution >= 4 is 11.4 Å². The topological polar surface area (TPSA) is 18.5 Å². The van der Waals surface area contributed by atoms with Crippen molar-refractivity contribution in [2.24, 2.45) is 5.92 Å². The van der Waals surface area contributed by atoms with Gasteiger partial charge in [0.1, 0.15) is 0 Å². The van der Waals surface area contributed by atoms with Crippen LogP contribution in [0.2, 0.25) is 0 Å². The van der Waals surface area contributed by atoms with Crippen LogP contribution in [0.4, 0.5) is 11.4 Å². The Balaban J connectivity index is 1.71. The standard InChI is InChI=1S/C18H29N3/c1-4-20(5-2)16-8-10-17(11-9-16)21-13-12-19-18(3,14-21)15-6-7-15/h8-11,15,19H,4-7,12-14H2,1-3H3. The lowest BCUT2D eigenvalue weighted by atomic mass is 9.92. The van der Waals surface area contributed by atoms with Crippen LogP contribution in [-0.4, -0.2) is 38.3 Å². The quantitative estimate of drug-likeness (QED) is 0.897. The molecule has 3 heteroatoms. The molecule has 1 aromatic carbocycles. The Morgan fingerprint density at radius 2 is 1.86 bits per heavy atom. The maximum absolute atomic E-state index is 3.76. The van der Waals surface area contributed by atoms with Crippen LogP contribution >= 0.6 is 0 Å². The van der Waals surface area contributed by atoms with Gasteiger partial charge in [-0.1, -0.05) is 0 Å². The third-order valence-electron chi connectivity index (χ3n) is 5.25. The molecule has 1 aliphatic carbocycles. The summed E-state index contributed by atoms with van der Waals surface area (Å²) in [5.74, 6) is 0.884. The summed E-state index contributed by atoms with van der Waals surface area (Å²) in [6.45, 7) is 12.3. The van der Waals surface area contributed by atoms with Crippen molar-refractivity contribution in [1.29, 1.82) is 0 Å². The van der Waals surface area contributed by atoms with Gasteiger partial charge < -0.3 is 15.1 Å². The number of hydrogen-bond acceptors (Lipinski definition) is 3. The van der Waals surface area contributed by atoms with E-state index in [2.05, 4.69) is 60.2 Å². The SMILES string of the molecule is CCN(CC)c1ccc(N2CCNC(C)(C3CC3)C2)cc1. The molecule has 0 spiro atoms. The van der Waals surface area contributed by atoms with Crippen molar-refractivity contribution in [3.63, 3.8) is 0 Å². The first-order chi connectivity index (χ1) is 10.2. The molecule has 1 aromatic rings. The normalized spacial score (nSPS) is 26.0. The first kappa shape index (κ1) is 14.7. The van der Waals surface area contributed by atoms with Gasteiger partial charge in [0.25, 0.3) is 0 Å². The smallest absolute Gasteiger partial charge is 0.0368 e. The largest absolute Gasteiger partial charge is 0.372 e. The highest BCUT2D eigenvalue weighted by molar-refractivity contribution is 5.57. The van der Waals surface area contributed by atoms with Crippen LogP contribution in [0.25, 0.3) is 0 Å². The Labute approximate surface area is 129 Å². The average Bonchev–Trinajstić information content (AvgIpc) is 3.34. The van der Waals surface area contributed by atoms with Crippen LogP contribution in [0.5, 0.6) is 0 Å². The fraction of sp³-hybridized carbons (Fsp3) is 0.667. The Kier molecular flexibility index (Phi) is 4.12. The third-order valence-corrected chi connectivity index (χ3v) is 5.25. The van der Waals surface area contributed by atoms with Crippen LogP contribution in [0.3, 0.4) is 0 Å². The molecule has 0 bridgehead atoms. The highest BCUT2D eigenvalue weighted by Gasteiger charge is 2.43. The molecule has 2 aliphatic rings. The first-order valence-electron chi connectivity index (χ1n) is 8.51. The van der Waals surface area contributed by atoms with E-state index in [1.54, 1.807) is 0 Å². The van der Waals surface area contributed by atoms with Crippen molar-refractivity contribution in [1.82, 2.24) is 5.32 Å². The van der Waals surface area contributed by atoms with Gasteiger partial charge in [-0.2, -0.15) is 0 Å². The molecule has 1 N–H and O–H groups in total. The lowest BCUT2D eigenvalue weighted by Crippen LogP contribution is -2.60. The molecule has 1 saturated heterocycles. The van der Waals surface area contributed by atoms with Crippen molar-refractivity contribution in [3.8, 4) is 0 Å². The van der Waals surface area contributed by atoms with Crippen molar-refractivity contribution in [3.05, 3.63) is 24.3 Å². The molecule has 0 amide bonds. The van der Waals surface area contributed by atoms with Crippen LogP contribution < -0.4 is 15.1 Å². The molecule has 2 fully saturated rings. The van der Waals surface area contributed by atoms with Gasteiger partial charge in [0, 0.05) is 49.6 Å². The summed E-state index contributed by atoms with van der Waals surface area (Å²) in [6.07, 6.45) is 2.80. The monoisotopic (exact) mass is 287 g/mol. The van der Waals surface area contributed by atoms with Gasteiger partial charge in [-0.05, 0) is 63.8 Å². The molecule has 1 saturated carbocycles. The molecule has 3 rings (SSSR count). The predicted octanol–water partition coefficient (Wildman–Crippen LogP) is 3.11. The first-order valence-corrected chi connectivity index (χ1v) is 8.51. The maximum Gasteiger partial charge on any atom is 0.0368 e. The lowest BCUT2D eigenvalue weighted by molar-refractivity contribution is 0.285. The average molecular weight is 287 g/mol. The molecule has 1 aliphatic heterocycles. The molecule has 0 radical (unpaired) electrons. The van der Waals surface area contributed by atoms with Crippen LogP contribution in [-0.2, 0) is 0 Å². The van der Waals surface area contributed by atoms with E-state index in [4.69, 9.17) is 0 Å². The third kappa shape index (κ3) is 3.03. The predicted molar refractivity (Wildman–Crippen MR) is 91.3 cm³/mol. The van der Waals surface area contributed by atoms with Crippen LogP contribution in [0.15, 0.2) is 24.3 Å². The number of nitrogens with zero attached hydrogens (tertiary/aromatic N) is 2. The fourth-order valence-corrected chi connectivity index (χ4v) is 3.69. The van der Waals surface area contributed by atoms with Crippen molar-refractivity contribution in [2.45, 2.75) is 39.2 Å². The molecular weight excluding hydrogens is 258 g/mol. The van der Waals surface area contributed by atoms with Gasteiger partial charge in [0.2, 0.25) is 0 Å². The van der Waals surface area contributed by atoms with E-state index >= 15 is 0 Å². The van der Waals surface area contributed by atoms with Gasteiger partial charge in [0.15, 0.2) is 0 Å². The van der Waals surface area contributed by atoms with E-state index in [0.717, 1.165) is 38.6 Å². The number of benzene rings is 1. The van der Waals surface area contributed by atoms with E-state index in [-0.39, 0.29) is 0 Å². The summed E-state index contributed by atoms with van der Waals surface area (Å²) < 4.78 is 0. The fourth-order valence-electron chi connectivity index (χ4n) is 3.69. The summed E-state index contributed by atoms with van der Waals surface area (Å²) in [5, 5.41) is 3.76. The summed E-state index contributed by atoms with van der Waals surface area (Å²) in [4.78, 5) is 4.96. The van der Waals surface area contributed by atoms with Crippen LogP contribution in [0, 0.1) is 5.92 Å². The Hall–Kier alpha value is -1.22. The van der Waals surface area contributed by atoms with Gasteiger partial charge in [0.05, 0.1) is 0 Å².